The third-order valence-electron chi connectivity index (χ3n) is 3.92. The summed E-state index contributed by atoms with van der Waals surface area (Å²) < 4.78 is 10.0. The molecule has 132 valence electrons. The lowest BCUT2D eigenvalue weighted by Crippen LogP contribution is -2.09. The van der Waals surface area contributed by atoms with Crippen molar-refractivity contribution >= 4 is 17.8 Å². The van der Waals surface area contributed by atoms with E-state index < -0.39 is 0 Å². The van der Waals surface area contributed by atoms with Gasteiger partial charge in [0.2, 0.25) is 11.7 Å². The van der Waals surface area contributed by atoms with Crippen LogP contribution in [0.4, 0.5) is 5.82 Å². The number of nitrogens with one attached hydrogen (secondary N) is 1. The highest BCUT2D eigenvalue weighted by molar-refractivity contribution is 6.03. The molecule has 0 aliphatic rings. The molecule has 0 atom stereocenters. The number of aromatic nitrogens is 2. The van der Waals surface area contributed by atoms with Gasteiger partial charge in [-0.1, -0.05) is 29.8 Å². The molecule has 1 N–H and O–H groups in total. The van der Waals surface area contributed by atoms with Gasteiger partial charge in [0.15, 0.2) is 5.69 Å². The Kier molecular flexibility index (Phi) is 5.12. The summed E-state index contributed by atoms with van der Waals surface area (Å²) in [5, 5.41) is 10.4. The van der Waals surface area contributed by atoms with Crippen LogP contribution in [0.2, 0.25) is 0 Å². The first-order chi connectivity index (χ1) is 12.6. The number of hydrogen-bond donors (Lipinski definition) is 1. The predicted molar refractivity (Wildman–Crippen MR) is 99.9 cm³/mol. The maximum Gasteiger partial charge on any atom is 0.249 e. The Morgan fingerprint density at radius 3 is 2.58 bits per heavy atom. The molecule has 0 fully saturated rings. The summed E-state index contributed by atoms with van der Waals surface area (Å²) in [5.41, 5.74) is 4.33. The SMILES string of the molecule is COc1ccc(-c2nonc2NC(=O)/C=C/c2ccc(C)cc2)c(C)c1. The summed E-state index contributed by atoms with van der Waals surface area (Å²) in [7, 11) is 1.61. The summed E-state index contributed by atoms with van der Waals surface area (Å²) in [4.78, 5) is 12.2. The van der Waals surface area contributed by atoms with E-state index in [1.54, 1.807) is 13.2 Å². The lowest BCUT2D eigenvalue weighted by molar-refractivity contribution is -0.111. The standard InChI is InChI=1S/C20H19N3O3/c1-13-4-6-15(7-5-13)8-11-18(24)21-20-19(22-26-23-20)17-10-9-16(25-3)12-14(17)2/h4-12H,1-3H3,(H,21,23,24)/b11-8+. The normalized spacial score (nSPS) is 10.9. The monoisotopic (exact) mass is 349 g/mol. The Morgan fingerprint density at radius 2 is 1.88 bits per heavy atom. The van der Waals surface area contributed by atoms with Crippen LogP contribution in [0.3, 0.4) is 0 Å². The molecule has 0 spiro atoms. The number of ether oxygens (including phenoxy) is 1. The second kappa shape index (κ2) is 7.65. The van der Waals surface area contributed by atoms with E-state index in [-0.39, 0.29) is 11.7 Å². The van der Waals surface area contributed by atoms with Crippen molar-refractivity contribution < 1.29 is 14.2 Å². The molecule has 0 bridgehead atoms. The Bertz CT molecular complexity index is 943. The average molecular weight is 349 g/mol. The summed E-state index contributed by atoms with van der Waals surface area (Å²) >= 11 is 0. The summed E-state index contributed by atoms with van der Waals surface area (Å²) in [6.07, 6.45) is 3.19. The first kappa shape index (κ1) is 17.4. The first-order valence-electron chi connectivity index (χ1n) is 8.10. The van der Waals surface area contributed by atoms with Crippen LogP contribution >= 0.6 is 0 Å². The number of aryl methyl sites for hydroxylation is 2. The number of anilines is 1. The van der Waals surface area contributed by atoms with Gasteiger partial charge in [0, 0.05) is 11.6 Å². The maximum absolute atomic E-state index is 12.2. The number of rotatable bonds is 5. The van der Waals surface area contributed by atoms with Gasteiger partial charge in [-0.25, -0.2) is 4.63 Å². The van der Waals surface area contributed by atoms with Crippen LogP contribution in [0, 0.1) is 13.8 Å². The zero-order valence-electron chi connectivity index (χ0n) is 14.8. The highest BCUT2D eigenvalue weighted by Gasteiger charge is 2.16. The molecule has 0 radical (unpaired) electrons. The minimum Gasteiger partial charge on any atom is -0.497 e. The highest BCUT2D eigenvalue weighted by atomic mass is 16.6. The zero-order chi connectivity index (χ0) is 18.5. The van der Waals surface area contributed by atoms with Crippen molar-refractivity contribution in [2.45, 2.75) is 13.8 Å². The van der Waals surface area contributed by atoms with E-state index in [0.717, 1.165) is 22.4 Å². The van der Waals surface area contributed by atoms with Crippen molar-refractivity contribution in [1.82, 2.24) is 10.3 Å². The Morgan fingerprint density at radius 1 is 1.12 bits per heavy atom. The predicted octanol–water partition coefficient (Wildman–Crippen LogP) is 4.01. The molecule has 0 aliphatic heterocycles. The molecule has 6 nitrogen and oxygen atoms in total. The second-order valence-corrected chi connectivity index (χ2v) is 5.88. The van der Waals surface area contributed by atoms with Crippen LogP contribution in [0.15, 0.2) is 53.2 Å². The van der Waals surface area contributed by atoms with Gasteiger partial charge in [-0.15, -0.1) is 0 Å². The number of benzene rings is 2. The van der Waals surface area contributed by atoms with Crippen LogP contribution in [-0.2, 0) is 4.79 Å². The smallest absolute Gasteiger partial charge is 0.249 e. The van der Waals surface area contributed by atoms with Crippen molar-refractivity contribution in [3.63, 3.8) is 0 Å². The average Bonchev–Trinajstić information content (AvgIpc) is 3.09. The molecule has 6 heteroatoms. The second-order valence-electron chi connectivity index (χ2n) is 5.88. The van der Waals surface area contributed by atoms with E-state index in [9.17, 15) is 4.79 Å². The lowest BCUT2D eigenvalue weighted by Gasteiger charge is -2.06. The number of nitrogens with zero attached hydrogens (tertiary/aromatic N) is 2. The van der Waals surface area contributed by atoms with E-state index in [2.05, 4.69) is 15.6 Å². The van der Waals surface area contributed by atoms with Crippen molar-refractivity contribution in [3.05, 3.63) is 65.2 Å². The molecule has 1 aromatic heterocycles. The van der Waals surface area contributed by atoms with Crippen molar-refractivity contribution in [1.29, 1.82) is 0 Å². The Hall–Kier alpha value is -3.41. The number of carbonyl (C=O) groups excluding carboxylic acids is 1. The molecule has 3 aromatic rings. The zero-order valence-corrected chi connectivity index (χ0v) is 14.8. The summed E-state index contributed by atoms with van der Waals surface area (Å²) in [5.74, 6) is 0.708. The first-order valence-corrected chi connectivity index (χ1v) is 8.10. The highest BCUT2D eigenvalue weighted by Crippen LogP contribution is 2.29. The molecule has 0 unspecified atom stereocenters. The van der Waals surface area contributed by atoms with Crippen molar-refractivity contribution in [2.24, 2.45) is 0 Å². The molecule has 0 aliphatic carbocycles. The topological polar surface area (TPSA) is 77.2 Å². The van der Waals surface area contributed by atoms with Crippen LogP contribution < -0.4 is 10.1 Å². The molecule has 26 heavy (non-hydrogen) atoms. The minimum atomic E-state index is -0.311. The van der Waals surface area contributed by atoms with Gasteiger partial charge in [0.05, 0.1) is 7.11 Å². The lowest BCUT2D eigenvalue weighted by atomic mass is 10.1. The summed E-state index contributed by atoms with van der Waals surface area (Å²) in [6, 6.07) is 13.4. The van der Waals surface area contributed by atoms with E-state index in [1.807, 2.05) is 56.3 Å². The van der Waals surface area contributed by atoms with E-state index in [1.165, 1.54) is 11.6 Å². The molecule has 0 saturated carbocycles. The third kappa shape index (κ3) is 3.97. The Balaban J connectivity index is 1.76. The maximum atomic E-state index is 12.2. The van der Waals surface area contributed by atoms with Gasteiger partial charge in [-0.05, 0) is 59.6 Å². The largest absolute Gasteiger partial charge is 0.497 e. The van der Waals surface area contributed by atoms with Gasteiger partial charge < -0.3 is 10.1 Å². The van der Waals surface area contributed by atoms with Crippen LogP contribution in [0.5, 0.6) is 5.75 Å². The number of methoxy groups -OCH3 is 1. The molecule has 1 heterocycles. The van der Waals surface area contributed by atoms with Gasteiger partial charge in [0.25, 0.3) is 0 Å². The van der Waals surface area contributed by atoms with Gasteiger partial charge in [-0.3, -0.25) is 4.79 Å². The third-order valence-corrected chi connectivity index (χ3v) is 3.92. The summed E-state index contributed by atoms with van der Waals surface area (Å²) in [6.45, 7) is 3.94. The molecule has 1 amide bonds. The minimum absolute atomic E-state index is 0.275. The fourth-order valence-electron chi connectivity index (χ4n) is 2.48. The number of amides is 1. The molecular weight excluding hydrogens is 330 g/mol. The van der Waals surface area contributed by atoms with Gasteiger partial charge >= 0.3 is 0 Å². The van der Waals surface area contributed by atoms with Crippen molar-refractivity contribution in [2.75, 3.05) is 12.4 Å². The molecular formula is C20H19N3O3. The number of hydrogen-bond acceptors (Lipinski definition) is 5. The van der Waals surface area contributed by atoms with Gasteiger partial charge in [-0.2, -0.15) is 0 Å². The fraction of sp³-hybridized carbons (Fsp3) is 0.150. The van der Waals surface area contributed by atoms with Crippen molar-refractivity contribution in [3.8, 4) is 17.0 Å². The van der Waals surface area contributed by atoms with E-state index in [4.69, 9.17) is 9.37 Å². The Labute approximate surface area is 151 Å². The van der Waals surface area contributed by atoms with Crippen LogP contribution in [0.1, 0.15) is 16.7 Å². The van der Waals surface area contributed by atoms with E-state index in [0.29, 0.717) is 5.69 Å². The van der Waals surface area contributed by atoms with Crippen LogP contribution in [0.25, 0.3) is 17.3 Å². The van der Waals surface area contributed by atoms with E-state index >= 15 is 0 Å². The molecule has 0 saturated heterocycles. The van der Waals surface area contributed by atoms with Crippen LogP contribution in [-0.4, -0.2) is 23.3 Å². The molecule has 3 rings (SSSR count). The quantitative estimate of drug-likeness (QED) is 0.704. The molecule has 2 aromatic carbocycles. The number of carbonyl (C=O) groups is 1. The van der Waals surface area contributed by atoms with Gasteiger partial charge in [0.1, 0.15) is 5.75 Å². The fourth-order valence-corrected chi connectivity index (χ4v) is 2.48.